The summed E-state index contributed by atoms with van der Waals surface area (Å²) in [5.41, 5.74) is 0. The fourth-order valence-corrected chi connectivity index (χ4v) is 0.403. The second-order valence-electron chi connectivity index (χ2n) is 1.76. The summed E-state index contributed by atoms with van der Waals surface area (Å²) in [4.78, 5) is 29.9. The summed E-state index contributed by atoms with van der Waals surface area (Å²) in [6, 6.07) is 0. The van der Waals surface area contributed by atoms with Crippen LogP contribution in [-0.4, -0.2) is 45.9 Å². The fourth-order valence-electron chi connectivity index (χ4n) is 0.403. The molecule has 0 fully saturated rings. The van der Waals surface area contributed by atoms with Gasteiger partial charge in [-0.15, -0.1) is 0 Å². The van der Waals surface area contributed by atoms with Crippen molar-refractivity contribution in [2.24, 2.45) is 0 Å². The largest absolute Gasteiger partial charge is 1.00 e. The molecule has 7 nitrogen and oxygen atoms in total. The van der Waals surface area contributed by atoms with Crippen molar-refractivity contribution in [1.82, 2.24) is 0 Å². The van der Waals surface area contributed by atoms with Crippen molar-refractivity contribution in [3.05, 3.63) is 0 Å². The molecule has 0 saturated heterocycles. The predicted molar refractivity (Wildman–Crippen MR) is 33.8 cm³/mol. The van der Waals surface area contributed by atoms with E-state index in [0.717, 1.165) is 0 Å². The van der Waals surface area contributed by atoms with Gasteiger partial charge in [-0.05, 0) is 0 Å². The van der Waals surface area contributed by atoms with Crippen LogP contribution in [0.4, 0.5) is 0 Å². The molecular formula is C5H7KO7. The zero-order valence-electron chi connectivity index (χ0n) is 7.76. The molecule has 0 spiro atoms. The van der Waals surface area contributed by atoms with Gasteiger partial charge in [0.2, 0.25) is 0 Å². The summed E-state index contributed by atoms with van der Waals surface area (Å²) in [6.07, 6.45) is -2.12. The predicted octanol–water partition coefficient (Wildman–Crippen LogP) is -4.26. The average molecular weight is 218 g/mol. The van der Waals surface area contributed by atoms with Crippen molar-refractivity contribution < 1.29 is 87.3 Å². The van der Waals surface area contributed by atoms with E-state index in [4.69, 9.17) is 15.3 Å². The van der Waals surface area contributed by atoms with Crippen LogP contribution in [0.2, 0.25) is 0 Å². The van der Waals surface area contributed by atoms with Crippen LogP contribution in [0.15, 0.2) is 0 Å². The number of carbonyl (C=O) groups is 3. The minimum absolute atomic E-state index is 0. The van der Waals surface area contributed by atoms with Gasteiger partial charge in [-0.1, -0.05) is 0 Å². The molecule has 0 atom stereocenters. The normalized spacial score (nSPS) is 9.00. The molecule has 0 rings (SSSR count). The second-order valence-corrected chi connectivity index (χ2v) is 1.76. The Hall–Kier alpha value is 0.00636. The molecule has 0 aliphatic heterocycles. The minimum atomic E-state index is -2.12. The molecule has 0 aromatic rings. The molecule has 0 unspecified atom stereocenters. The van der Waals surface area contributed by atoms with Gasteiger partial charge in [0.15, 0.2) is 0 Å². The average Bonchev–Trinajstić information content (AvgIpc) is 1.84. The number of hydrogen-bond donors (Lipinski definition) is 3. The molecule has 70 valence electrons. The Kier molecular flexibility index (Phi) is 8.83. The topological polar surface area (TPSA) is 121 Å². The number of rotatable bonds is 5. The second kappa shape index (κ2) is 7.41. The molecule has 0 aromatic heterocycles. The summed E-state index contributed by atoms with van der Waals surface area (Å²) < 4.78 is 4.03. The monoisotopic (exact) mass is 218 g/mol. The molecule has 13 heavy (non-hydrogen) atoms. The molecule has 8 heteroatoms. The first kappa shape index (κ1) is 15.5. The summed E-state index contributed by atoms with van der Waals surface area (Å²) in [7, 11) is 0. The van der Waals surface area contributed by atoms with E-state index >= 15 is 0 Å². The van der Waals surface area contributed by atoms with Crippen molar-refractivity contribution >= 4 is 17.9 Å². The molecule has 0 radical (unpaired) electrons. The summed E-state index contributed by atoms with van der Waals surface area (Å²) in [6.45, 7) is -0.955. The van der Waals surface area contributed by atoms with Crippen LogP contribution in [0.5, 0.6) is 0 Å². The van der Waals surface area contributed by atoms with E-state index in [-0.39, 0.29) is 52.8 Å². The van der Waals surface area contributed by atoms with Crippen LogP contribution in [0.25, 0.3) is 0 Å². The number of hydrogen-bond acceptors (Lipinski definition) is 4. The molecule has 0 aliphatic rings. The molecule has 0 aromatic carbocycles. The van der Waals surface area contributed by atoms with E-state index in [1.54, 1.807) is 0 Å². The smallest absolute Gasteiger partial charge is 1.00 e. The van der Waals surface area contributed by atoms with E-state index in [2.05, 4.69) is 4.74 Å². The van der Waals surface area contributed by atoms with Gasteiger partial charge < -0.3 is 21.5 Å². The zero-order valence-corrected chi connectivity index (χ0v) is 9.88. The van der Waals surface area contributed by atoms with Crippen LogP contribution in [0, 0.1) is 0 Å². The Labute approximate surface area is 117 Å². The van der Waals surface area contributed by atoms with Crippen molar-refractivity contribution in [3.63, 3.8) is 0 Å². The Morgan fingerprint density at radius 1 is 1.15 bits per heavy atom. The van der Waals surface area contributed by atoms with E-state index in [1.165, 1.54) is 0 Å². The van der Waals surface area contributed by atoms with Gasteiger partial charge in [-0.25, -0.2) is 14.4 Å². The molecule has 0 heterocycles. The van der Waals surface area contributed by atoms with Gasteiger partial charge in [0, 0.05) is 0 Å². The van der Waals surface area contributed by atoms with Gasteiger partial charge in [0.1, 0.15) is 6.61 Å². The van der Waals surface area contributed by atoms with Gasteiger partial charge in [0.05, 0.1) is 0 Å². The number of ether oxygens (including phenoxy) is 1. The third-order valence-corrected chi connectivity index (χ3v) is 0.822. The summed E-state index contributed by atoms with van der Waals surface area (Å²) >= 11 is 0. The quantitative estimate of drug-likeness (QED) is 0.315. The van der Waals surface area contributed by atoms with Crippen LogP contribution in [0.1, 0.15) is 1.43 Å². The van der Waals surface area contributed by atoms with E-state index in [0.29, 0.717) is 0 Å². The van der Waals surface area contributed by atoms with Gasteiger partial charge in [-0.3, -0.25) is 0 Å². The number of carboxylic acids is 3. The van der Waals surface area contributed by atoms with Gasteiger partial charge in [0.25, 0.3) is 6.10 Å². The SMILES string of the molecule is O=C(O)COC(C(=O)O)C(=O)O.[H-].[K+]. The maximum atomic E-state index is 10.1. The van der Waals surface area contributed by atoms with E-state index < -0.39 is 30.6 Å². The molecule has 0 aliphatic carbocycles. The van der Waals surface area contributed by atoms with Crippen molar-refractivity contribution in [2.45, 2.75) is 6.10 Å². The Bertz CT molecular complexity index is 204. The maximum absolute atomic E-state index is 10.1. The first-order valence-corrected chi connectivity index (χ1v) is 2.74. The Morgan fingerprint density at radius 2 is 1.54 bits per heavy atom. The van der Waals surface area contributed by atoms with Crippen molar-refractivity contribution in [3.8, 4) is 0 Å². The standard InChI is InChI=1S/C5H6O7.K.H/c6-2(7)1-12-3(4(8)9)5(10)11;;/h3H,1H2,(H,6,7)(H,8,9)(H,10,11);;/q;+1;-1. The van der Waals surface area contributed by atoms with Gasteiger partial charge in [-0.2, -0.15) is 0 Å². The third kappa shape index (κ3) is 7.11. The van der Waals surface area contributed by atoms with Crippen LogP contribution in [-0.2, 0) is 19.1 Å². The Balaban J connectivity index is -0.000000605. The molecular weight excluding hydrogens is 211 g/mol. The van der Waals surface area contributed by atoms with E-state index in [1.807, 2.05) is 0 Å². The minimum Gasteiger partial charge on any atom is -1.00 e. The van der Waals surface area contributed by atoms with E-state index in [9.17, 15) is 14.4 Å². The summed E-state index contributed by atoms with van der Waals surface area (Å²) in [5.74, 6) is -4.89. The van der Waals surface area contributed by atoms with Crippen molar-refractivity contribution in [2.75, 3.05) is 6.61 Å². The maximum Gasteiger partial charge on any atom is 1.00 e. The molecule has 0 amide bonds. The third-order valence-electron chi connectivity index (χ3n) is 0.822. The Morgan fingerprint density at radius 3 is 1.77 bits per heavy atom. The van der Waals surface area contributed by atoms with Crippen LogP contribution < -0.4 is 51.4 Å². The summed E-state index contributed by atoms with van der Waals surface area (Å²) in [5, 5.41) is 24.3. The first-order valence-electron chi connectivity index (χ1n) is 2.74. The van der Waals surface area contributed by atoms with Crippen LogP contribution >= 0.6 is 0 Å². The fraction of sp³-hybridized carbons (Fsp3) is 0.400. The van der Waals surface area contributed by atoms with Crippen LogP contribution in [0.3, 0.4) is 0 Å². The zero-order chi connectivity index (χ0) is 9.72. The van der Waals surface area contributed by atoms with Gasteiger partial charge >= 0.3 is 69.3 Å². The number of aliphatic carboxylic acids is 3. The number of carboxylic acid groups (broad SMARTS) is 3. The molecule has 3 N–H and O–H groups in total. The van der Waals surface area contributed by atoms with Crippen molar-refractivity contribution in [1.29, 1.82) is 0 Å². The first-order chi connectivity index (χ1) is 5.45. The molecule has 0 bridgehead atoms. The molecule has 0 saturated carbocycles.